The quantitative estimate of drug-likeness (QED) is 0.743. The van der Waals surface area contributed by atoms with Crippen LogP contribution in [0.15, 0.2) is 36.7 Å². The number of hydrogen-bond acceptors (Lipinski definition) is 5. The van der Waals surface area contributed by atoms with E-state index >= 15 is 0 Å². The van der Waals surface area contributed by atoms with E-state index in [9.17, 15) is 9.59 Å². The molecule has 4 N–H and O–H groups in total. The summed E-state index contributed by atoms with van der Waals surface area (Å²) in [6.45, 7) is 0.491. The Labute approximate surface area is 121 Å². The highest BCUT2D eigenvalue weighted by Crippen LogP contribution is 2.08. The highest BCUT2D eigenvalue weighted by molar-refractivity contribution is 5.94. The van der Waals surface area contributed by atoms with E-state index in [1.165, 1.54) is 12.4 Å². The molecule has 0 saturated heterocycles. The Balaban J connectivity index is 2.01. The van der Waals surface area contributed by atoms with Crippen LogP contribution in [0.3, 0.4) is 0 Å². The van der Waals surface area contributed by atoms with Crippen LogP contribution in [0, 0.1) is 0 Å². The van der Waals surface area contributed by atoms with Gasteiger partial charge in [-0.25, -0.2) is 4.98 Å². The maximum atomic E-state index is 11.4. The number of aromatic nitrogens is 2. The van der Waals surface area contributed by atoms with Crippen LogP contribution < -0.4 is 16.4 Å². The van der Waals surface area contributed by atoms with Gasteiger partial charge < -0.3 is 16.4 Å². The lowest BCUT2D eigenvalue weighted by molar-refractivity contribution is 0.0961. The Morgan fingerprint density at radius 3 is 2.52 bits per heavy atom. The average Bonchev–Trinajstić information content (AvgIpc) is 2.53. The van der Waals surface area contributed by atoms with Gasteiger partial charge in [-0.05, 0) is 17.7 Å². The number of nitrogens with zero attached hydrogens (tertiary/aromatic N) is 2. The predicted molar refractivity (Wildman–Crippen MR) is 77.7 cm³/mol. The summed E-state index contributed by atoms with van der Waals surface area (Å²) in [6, 6.07) is 7.15. The molecule has 0 radical (unpaired) electrons. The molecule has 2 aromatic rings. The Morgan fingerprint density at radius 1 is 1.19 bits per heavy atom. The third kappa shape index (κ3) is 3.75. The largest absolute Gasteiger partial charge is 0.365 e. The zero-order valence-corrected chi connectivity index (χ0v) is 11.5. The molecule has 1 aromatic heterocycles. The van der Waals surface area contributed by atoms with Gasteiger partial charge in [0.2, 0.25) is 0 Å². The molecule has 0 bridgehead atoms. The number of carbonyl (C=O) groups is 2. The molecule has 2 amide bonds. The van der Waals surface area contributed by atoms with Crippen LogP contribution in [-0.2, 0) is 6.54 Å². The summed E-state index contributed by atoms with van der Waals surface area (Å²) in [5, 5.41) is 5.60. The Morgan fingerprint density at radius 2 is 1.90 bits per heavy atom. The number of nitrogens with one attached hydrogen (secondary N) is 2. The third-order valence-corrected chi connectivity index (χ3v) is 2.80. The van der Waals surface area contributed by atoms with Gasteiger partial charge in [-0.1, -0.05) is 12.1 Å². The number of carbonyl (C=O) groups excluding carboxylic acids is 2. The van der Waals surface area contributed by atoms with Crippen molar-refractivity contribution < 1.29 is 9.59 Å². The highest BCUT2D eigenvalue weighted by Gasteiger charge is 2.05. The summed E-state index contributed by atoms with van der Waals surface area (Å²) >= 11 is 0. The summed E-state index contributed by atoms with van der Waals surface area (Å²) in [5.74, 6) is -0.294. The van der Waals surface area contributed by atoms with Crippen LogP contribution in [-0.4, -0.2) is 28.8 Å². The molecule has 0 atom stereocenters. The number of amides is 2. The topological polar surface area (TPSA) is 110 Å². The first-order valence-electron chi connectivity index (χ1n) is 6.27. The Kier molecular flexibility index (Phi) is 4.45. The zero-order valence-electron chi connectivity index (χ0n) is 11.5. The second-order valence-electron chi connectivity index (χ2n) is 4.28. The molecule has 0 aliphatic carbocycles. The summed E-state index contributed by atoms with van der Waals surface area (Å²) in [4.78, 5) is 30.3. The summed E-state index contributed by atoms with van der Waals surface area (Å²) < 4.78 is 0. The minimum atomic E-state index is -0.624. The van der Waals surface area contributed by atoms with Crippen LogP contribution in [0.25, 0.3) is 0 Å². The lowest BCUT2D eigenvalue weighted by atomic mass is 10.1. The van der Waals surface area contributed by atoms with Gasteiger partial charge in [0.1, 0.15) is 11.5 Å². The van der Waals surface area contributed by atoms with Crippen LogP contribution in [0.4, 0.5) is 5.82 Å². The number of rotatable bonds is 5. The summed E-state index contributed by atoms with van der Waals surface area (Å²) in [7, 11) is 1.59. The minimum Gasteiger partial charge on any atom is -0.365 e. The second-order valence-corrected chi connectivity index (χ2v) is 4.28. The molecule has 7 nitrogen and oxygen atoms in total. The zero-order chi connectivity index (χ0) is 15.2. The molecule has 1 aromatic carbocycles. The van der Waals surface area contributed by atoms with Crippen molar-refractivity contribution in [3.05, 3.63) is 53.5 Å². The smallest absolute Gasteiger partial charge is 0.268 e. The maximum Gasteiger partial charge on any atom is 0.268 e. The van der Waals surface area contributed by atoms with E-state index in [0.29, 0.717) is 17.9 Å². The van der Waals surface area contributed by atoms with E-state index < -0.39 is 5.91 Å². The van der Waals surface area contributed by atoms with Crippen molar-refractivity contribution in [3.63, 3.8) is 0 Å². The fraction of sp³-hybridized carbons (Fsp3) is 0.143. The van der Waals surface area contributed by atoms with Gasteiger partial charge in [0.25, 0.3) is 11.8 Å². The van der Waals surface area contributed by atoms with Crippen LogP contribution in [0.2, 0.25) is 0 Å². The molecule has 0 aliphatic rings. The second kappa shape index (κ2) is 6.47. The highest BCUT2D eigenvalue weighted by atomic mass is 16.2. The number of benzene rings is 1. The van der Waals surface area contributed by atoms with Gasteiger partial charge in [-0.2, -0.15) is 0 Å². The molecule has 0 unspecified atom stereocenters. The maximum absolute atomic E-state index is 11.4. The van der Waals surface area contributed by atoms with E-state index in [2.05, 4.69) is 20.6 Å². The van der Waals surface area contributed by atoms with Crippen molar-refractivity contribution >= 4 is 17.6 Å². The average molecular weight is 285 g/mol. The molecule has 1 heterocycles. The molecule has 0 saturated carbocycles. The van der Waals surface area contributed by atoms with Crippen molar-refractivity contribution in [2.24, 2.45) is 5.73 Å². The van der Waals surface area contributed by atoms with Crippen LogP contribution in [0.5, 0.6) is 0 Å². The first-order chi connectivity index (χ1) is 10.1. The molecule has 2 rings (SSSR count). The Bertz CT molecular complexity index is 655. The van der Waals surface area contributed by atoms with Crippen molar-refractivity contribution in [3.8, 4) is 0 Å². The monoisotopic (exact) mass is 285 g/mol. The first-order valence-corrected chi connectivity index (χ1v) is 6.27. The molecule has 0 aliphatic heterocycles. The number of hydrogen-bond donors (Lipinski definition) is 3. The molecule has 108 valence electrons. The van der Waals surface area contributed by atoms with E-state index in [1.54, 1.807) is 19.2 Å². The lowest BCUT2D eigenvalue weighted by Crippen LogP contribution is -2.17. The predicted octanol–water partition coefficient (Wildman–Crippen LogP) is 0.547. The normalized spacial score (nSPS) is 9.95. The molecule has 0 spiro atoms. The standard InChI is InChI=1S/C14H15N5O2/c1-16-14(21)10-4-2-9(3-5-10)6-18-12-8-17-7-11(19-12)13(15)20/h2-5,7-8H,6H2,1H3,(H2,15,20)(H,16,21)(H,18,19). The van der Waals surface area contributed by atoms with E-state index in [1.807, 2.05) is 12.1 Å². The lowest BCUT2D eigenvalue weighted by Gasteiger charge is -2.07. The van der Waals surface area contributed by atoms with Gasteiger partial charge in [0, 0.05) is 19.2 Å². The molecule has 0 fully saturated rings. The van der Waals surface area contributed by atoms with E-state index in [0.717, 1.165) is 5.56 Å². The molecule has 21 heavy (non-hydrogen) atoms. The molecule has 7 heteroatoms. The SMILES string of the molecule is CNC(=O)c1ccc(CNc2cncc(C(N)=O)n2)cc1. The van der Waals surface area contributed by atoms with Gasteiger partial charge in [0.15, 0.2) is 0 Å². The molecular weight excluding hydrogens is 270 g/mol. The van der Waals surface area contributed by atoms with Crippen molar-refractivity contribution in [2.75, 3.05) is 12.4 Å². The fourth-order valence-electron chi connectivity index (χ4n) is 1.68. The Hall–Kier alpha value is -2.96. The summed E-state index contributed by atoms with van der Waals surface area (Å²) in [5.41, 5.74) is 6.81. The van der Waals surface area contributed by atoms with Gasteiger partial charge in [0.05, 0.1) is 12.4 Å². The van der Waals surface area contributed by atoms with Crippen molar-refractivity contribution in [1.29, 1.82) is 0 Å². The fourth-order valence-corrected chi connectivity index (χ4v) is 1.68. The van der Waals surface area contributed by atoms with Gasteiger partial charge >= 0.3 is 0 Å². The van der Waals surface area contributed by atoms with Gasteiger partial charge in [-0.3, -0.25) is 14.6 Å². The van der Waals surface area contributed by atoms with E-state index in [-0.39, 0.29) is 11.6 Å². The summed E-state index contributed by atoms with van der Waals surface area (Å²) in [6.07, 6.45) is 2.82. The third-order valence-electron chi connectivity index (χ3n) is 2.80. The van der Waals surface area contributed by atoms with Crippen LogP contribution >= 0.6 is 0 Å². The number of nitrogens with two attached hydrogens (primary N) is 1. The van der Waals surface area contributed by atoms with Crippen molar-refractivity contribution in [2.45, 2.75) is 6.54 Å². The molecular formula is C14H15N5O2. The van der Waals surface area contributed by atoms with Crippen molar-refractivity contribution in [1.82, 2.24) is 15.3 Å². The first kappa shape index (κ1) is 14.4. The minimum absolute atomic E-state index is 0.106. The number of primary amides is 1. The van der Waals surface area contributed by atoms with Crippen LogP contribution in [0.1, 0.15) is 26.4 Å². The van der Waals surface area contributed by atoms with Gasteiger partial charge in [-0.15, -0.1) is 0 Å². The van der Waals surface area contributed by atoms with E-state index in [4.69, 9.17) is 5.73 Å². The number of anilines is 1.